The van der Waals surface area contributed by atoms with Crippen LogP contribution in [0, 0.1) is 12.7 Å². The number of halogens is 1. The molecule has 0 aliphatic heterocycles. The van der Waals surface area contributed by atoms with Crippen molar-refractivity contribution in [1.82, 2.24) is 14.3 Å². The zero-order valence-electron chi connectivity index (χ0n) is 14.4. The fourth-order valence-corrected chi connectivity index (χ4v) is 3.39. The predicted octanol–water partition coefficient (Wildman–Crippen LogP) is 2.86. The number of pyridine rings is 1. The normalized spacial score (nSPS) is 12.0. The molecule has 0 aliphatic carbocycles. The van der Waals surface area contributed by atoms with Crippen molar-refractivity contribution in [3.63, 3.8) is 0 Å². The molecule has 2 heterocycles. The second kappa shape index (κ2) is 5.67. The van der Waals surface area contributed by atoms with E-state index in [2.05, 4.69) is 15.2 Å². The van der Waals surface area contributed by atoms with Gasteiger partial charge in [0.1, 0.15) is 11.6 Å². The first-order chi connectivity index (χ1) is 12.0. The van der Waals surface area contributed by atoms with Crippen LogP contribution in [-0.2, 0) is 0 Å². The van der Waals surface area contributed by atoms with E-state index in [1.54, 1.807) is 6.07 Å². The number of rotatable bonds is 4. The first-order valence-electron chi connectivity index (χ1n) is 8.22. The molecule has 0 amide bonds. The number of benzene rings is 2. The smallest absolute Gasteiger partial charge is 0.199 e. The van der Waals surface area contributed by atoms with E-state index >= 15 is 0 Å². The van der Waals surface area contributed by atoms with Gasteiger partial charge in [0.05, 0.1) is 21.9 Å². The van der Waals surface area contributed by atoms with Crippen molar-refractivity contribution in [3.8, 4) is 0 Å². The maximum atomic E-state index is 13.8. The van der Waals surface area contributed by atoms with Gasteiger partial charge in [0.25, 0.3) is 0 Å². The first kappa shape index (κ1) is 15.8. The zero-order valence-corrected chi connectivity index (χ0v) is 14.4. The van der Waals surface area contributed by atoms with Crippen LogP contribution in [0.25, 0.3) is 27.3 Å². The van der Waals surface area contributed by atoms with Crippen molar-refractivity contribution in [2.24, 2.45) is 0 Å². The highest BCUT2D eigenvalue weighted by molar-refractivity contribution is 6.07. The summed E-state index contributed by atoms with van der Waals surface area (Å²) in [6, 6.07) is 8.13. The molecule has 25 heavy (non-hydrogen) atoms. The van der Waals surface area contributed by atoms with Gasteiger partial charge in [-0.05, 0) is 51.4 Å². The van der Waals surface area contributed by atoms with Crippen molar-refractivity contribution < 1.29 is 4.39 Å². The van der Waals surface area contributed by atoms with E-state index in [0.717, 1.165) is 29.1 Å². The van der Waals surface area contributed by atoms with E-state index in [9.17, 15) is 9.18 Å². The van der Waals surface area contributed by atoms with E-state index < -0.39 is 5.82 Å². The average Bonchev–Trinajstić information content (AvgIpc) is 2.89. The van der Waals surface area contributed by atoms with Gasteiger partial charge in [-0.3, -0.25) is 9.20 Å². The second-order valence-corrected chi connectivity index (χ2v) is 6.57. The van der Waals surface area contributed by atoms with Gasteiger partial charge >= 0.3 is 0 Å². The summed E-state index contributed by atoms with van der Waals surface area (Å²) in [4.78, 5) is 19.8. The molecule has 4 rings (SSSR count). The van der Waals surface area contributed by atoms with E-state index in [0.29, 0.717) is 22.8 Å². The lowest BCUT2D eigenvalue weighted by Gasteiger charge is -2.14. The van der Waals surface area contributed by atoms with Gasteiger partial charge in [0.2, 0.25) is 0 Å². The van der Waals surface area contributed by atoms with Crippen molar-refractivity contribution in [2.45, 2.75) is 6.92 Å². The van der Waals surface area contributed by atoms with Crippen LogP contribution in [0.15, 0.2) is 35.1 Å². The molecule has 0 saturated carbocycles. The molecule has 0 bridgehead atoms. The minimum atomic E-state index is -0.414. The van der Waals surface area contributed by atoms with E-state index in [1.165, 1.54) is 12.1 Å². The maximum Gasteiger partial charge on any atom is 0.199 e. The highest BCUT2D eigenvalue weighted by atomic mass is 19.1. The van der Waals surface area contributed by atoms with Crippen molar-refractivity contribution in [2.75, 3.05) is 32.5 Å². The molecule has 0 atom stereocenters. The van der Waals surface area contributed by atoms with Crippen molar-refractivity contribution in [3.05, 3.63) is 52.2 Å². The topological polar surface area (TPSA) is 49.6 Å². The number of hydrogen-bond donors (Lipinski definition) is 1. The third kappa shape index (κ3) is 2.41. The van der Waals surface area contributed by atoms with Gasteiger partial charge < -0.3 is 10.2 Å². The van der Waals surface area contributed by atoms with Crippen molar-refractivity contribution >= 4 is 33.0 Å². The van der Waals surface area contributed by atoms with Crippen LogP contribution in [-0.4, -0.2) is 41.5 Å². The molecule has 0 fully saturated rings. The second-order valence-electron chi connectivity index (χ2n) is 6.57. The summed E-state index contributed by atoms with van der Waals surface area (Å²) in [5.41, 5.74) is 2.84. The summed E-state index contributed by atoms with van der Waals surface area (Å²) in [6.07, 6.45) is 0. The van der Waals surface area contributed by atoms with Crippen LogP contribution in [0.5, 0.6) is 0 Å². The Hall–Kier alpha value is -2.73. The lowest BCUT2D eigenvalue weighted by molar-refractivity contribution is 0.425. The molecule has 128 valence electrons. The molecular formula is C19H19FN4O. The Morgan fingerprint density at radius 2 is 2.04 bits per heavy atom. The largest absolute Gasteiger partial charge is 0.383 e. The van der Waals surface area contributed by atoms with Gasteiger partial charge in [0, 0.05) is 24.2 Å². The predicted molar refractivity (Wildman–Crippen MR) is 99.4 cm³/mol. The highest BCUT2D eigenvalue weighted by Crippen LogP contribution is 2.30. The van der Waals surface area contributed by atoms with Crippen LogP contribution in [0.2, 0.25) is 0 Å². The summed E-state index contributed by atoms with van der Waals surface area (Å²) in [6.45, 7) is 3.45. The number of nitrogens with zero attached hydrogens (tertiary/aromatic N) is 3. The molecule has 0 unspecified atom stereocenters. The quantitative estimate of drug-likeness (QED) is 0.581. The number of hydrogen-bond acceptors (Lipinski definition) is 4. The number of fused-ring (bicyclic) bond motifs is 2. The Balaban J connectivity index is 2.07. The minimum Gasteiger partial charge on any atom is -0.383 e. The molecule has 0 saturated heterocycles. The number of likely N-dealkylation sites (N-methyl/N-ethyl adjacent to an activating group) is 1. The maximum absolute atomic E-state index is 13.8. The molecule has 4 aromatic rings. The Bertz CT molecular complexity index is 1150. The van der Waals surface area contributed by atoms with Gasteiger partial charge in [-0.2, -0.15) is 0 Å². The monoisotopic (exact) mass is 338 g/mol. The molecule has 0 radical (unpaired) electrons. The third-order valence-corrected chi connectivity index (χ3v) is 4.53. The first-order valence-corrected chi connectivity index (χ1v) is 8.22. The van der Waals surface area contributed by atoms with Gasteiger partial charge in [0.15, 0.2) is 5.43 Å². The molecule has 5 nitrogen and oxygen atoms in total. The fraction of sp³-hybridized carbons (Fsp3) is 0.263. The van der Waals surface area contributed by atoms with Gasteiger partial charge in [-0.15, -0.1) is 0 Å². The Morgan fingerprint density at radius 3 is 2.80 bits per heavy atom. The van der Waals surface area contributed by atoms with E-state index in [-0.39, 0.29) is 5.43 Å². The van der Waals surface area contributed by atoms with Crippen LogP contribution in [0.1, 0.15) is 5.82 Å². The van der Waals surface area contributed by atoms with Gasteiger partial charge in [-0.25, -0.2) is 9.37 Å². The lowest BCUT2D eigenvalue weighted by Crippen LogP contribution is -2.21. The van der Waals surface area contributed by atoms with E-state index in [1.807, 2.05) is 37.6 Å². The lowest BCUT2D eigenvalue weighted by atomic mass is 10.1. The molecule has 2 aromatic carbocycles. The summed E-state index contributed by atoms with van der Waals surface area (Å²) < 4.78 is 15.7. The molecule has 0 spiro atoms. The zero-order chi connectivity index (χ0) is 17.7. The average molecular weight is 338 g/mol. The number of anilines is 1. The SMILES string of the molecule is Cc1nc2ccc(NCCN(C)C)c3c(=O)c4cc(F)ccc4n1c23. The minimum absolute atomic E-state index is 0.167. The Labute approximate surface area is 144 Å². The van der Waals surface area contributed by atoms with E-state index in [4.69, 9.17) is 0 Å². The number of aromatic nitrogens is 2. The summed E-state index contributed by atoms with van der Waals surface area (Å²) in [5.74, 6) is 0.365. The van der Waals surface area contributed by atoms with Crippen LogP contribution >= 0.6 is 0 Å². The van der Waals surface area contributed by atoms with Crippen molar-refractivity contribution in [1.29, 1.82) is 0 Å². The third-order valence-electron chi connectivity index (χ3n) is 4.53. The number of imidazole rings is 1. The molecule has 6 heteroatoms. The standard InChI is InChI=1S/C19H19FN4O/c1-11-22-15-6-5-14(21-8-9-23(2)3)17-18(15)24(11)16-7-4-12(20)10-13(16)19(17)25/h4-7,10,21H,8-9H2,1-3H3. The number of aryl methyl sites for hydroxylation is 1. The van der Waals surface area contributed by atoms with Crippen LogP contribution in [0.4, 0.5) is 10.1 Å². The molecule has 2 aromatic heterocycles. The fourth-order valence-electron chi connectivity index (χ4n) is 3.39. The highest BCUT2D eigenvalue weighted by Gasteiger charge is 2.18. The molecule has 1 N–H and O–H groups in total. The summed E-state index contributed by atoms with van der Waals surface area (Å²) in [5, 5.41) is 4.27. The summed E-state index contributed by atoms with van der Waals surface area (Å²) in [7, 11) is 4.00. The molecule has 0 aliphatic rings. The van der Waals surface area contributed by atoms with Crippen LogP contribution in [0.3, 0.4) is 0 Å². The van der Waals surface area contributed by atoms with Gasteiger partial charge in [-0.1, -0.05) is 0 Å². The summed E-state index contributed by atoms with van der Waals surface area (Å²) >= 11 is 0. The Morgan fingerprint density at radius 1 is 1.24 bits per heavy atom. The van der Waals surface area contributed by atoms with Crippen LogP contribution < -0.4 is 10.7 Å². The Kier molecular flexibility index (Phi) is 3.58. The molecular weight excluding hydrogens is 319 g/mol. The number of nitrogens with one attached hydrogen (secondary N) is 1.